The number of anilines is 2. The molecule has 1 amide bonds. The van der Waals surface area contributed by atoms with Gasteiger partial charge in [-0.25, -0.2) is 0 Å². The number of rotatable bonds is 2. The van der Waals surface area contributed by atoms with Crippen LogP contribution in [0.1, 0.15) is 15.9 Å². The number of benzene rings is 1. The highest BCUT2D eigenvalue weighted by Gasteiger charge is 2.12. The van der Waals surface area contributed by atoms with Crippen LogP contribution in [0.2, 0.25) is 0 Å². The van der Waals surface area contributed by atoms with Crippen molar-refractivity contribution >= 4 is 33.2 Å². The summed E-state index contributed by atoms with van der Waals surface area (Å²) < 4.78 is 0.783. The van der Waals surface area contributed by atoms with Crippen molar-refractivity contribution < 1.29 is 4.79 Å². The summed E-state index contributed by atoms with van der Waals surface area (Å²) >= 11 is 3.33. The third kappa shape index (κ3) is 2.68. The lowest BCUT2D eigenvalue weighted by atomic mass is 10.1. The second-order valence-corrected chi connectivity index (χ2v) is 4.77. The van der Waals surface area contributed by atoms with Crippen LogP contribution in [0.25, 0.3) is 0 Å². The molecule has 0 atom stereocenters. The molecule has 0 saturated heterocycles. The molecule has 2 aromatic rings. The summed E-state index contributed by atoms with van der Waals surface area (Å²) in [5.74, 6) is -0.188. The molecule has 0 spiro atoms. The van der Waals surface area contributed by atoms with Gasteiger partial charge in [0.1, 0.15) is 0 Å². The lowest BCUT2D eigenvalue weighted by Crippen LogP contribution is -2.14. The molecule has 0 bridgehead atoms. The van der Waals surface area contributed by atoms with Crippen molar-refractivity contribution in [1.82, 2.24) is 4.98 Å². The highest BCUT2D eigenvalue weighted by molar-refractivity contribution is 9.10. The van der Waals surface area contributed by atoms with Crippen LogP contribution in [-0.2, 0) is 0 Å². The minimum atomic E-state index is -0.188. The third-order valence-corrected chi connectivity index (χ3v) is 3.05. The van der Waals surface area contributed by atoms with Gasteiger partial charge in [-0.3, -0.25) is 9.78 Å². The Morgan fingerprint density at radius 2 is 2.00 bits per heavy atom. The number of nitrogens with zero attached hydrogens (tertiary/aromatic N) is 1. The maximum atomic E-state index is 12.1. The Kier molecular flexibility index (Phi) is 3.62. The largest absolute Gasteiger partial charge is 0.398 e. The van der Waals surface area contributed by atoms with Crippen molar-refractivity contribution in [3.05, 3.63) is 52.3 Å². The van der Waals surface area contributed by atoms with Crippen molar-refractivity contribution in [3.8, 4) is 0 Å². The van der Waals surface area contributed by atoms with Crippen molar-refractivity contribution in [2.45, 2.75) is 6.92 Å². The molecule has 0 radical (unpaired) electrons. The normalized spacial score (nSPS) is 10.1. The number of carbonyl (C=O) groups excluding carboxylic acids is 1. The molecule has 5 heteroatoms. The number of nitrogens with one attached hydrogen (secondary N) is 1. The van der Waals surface area contributed by atoms with Crippen LogP contribution < -0.4 is 11.1 Å². The van der Waals surface area contributed by atoms with E-state index in [4.69, 9.17) is 5.73 Å². The molecule has 1 aromatic heterocycles. The lowest BCUT2D eigenvalue weighted by Gasteiger charge is -2.10. The summed E-state index contributed by atoms with van der Waals surface area (Å²) in [5, 5.41) is 2.80. The van der Waals surface area contributed by atoms with E-state index in [1.807, 2.05) is 6.92 Å². The second-order valence-electron chi connectivity index (χ2n) is 3.86. The summed E-state index contributed by atoms with van der Waals surface area (Å²) in [5.41, 5.74) is 8.44. The molecule has 92 valence electrons. The van der Waals surface area contributed by atoms with Crippen LogP contribution in [-0.4, -0.2) is 10.9 Å². The van der Waals surface area contributed by atoms with E-state index < -0.39 is 0 Å². The van der Waals surface area contributed by atoms with Gasteiger partial charge in [0.2, 0.25) is 0 Å². The molecule has 18 heavy (non-hydrogen) atoms. The van der Waals surface area contributed by atoms with Gasteiger partial charge in [-0.1, -0.05) is 15.9 Å². The quantitative estimate of drug-likeness (QED) is 0.838. The lowest BCUT2D eigenvalue weighted by molar-refractivity contribution is 0.102. The Balaban J connectivity index is 2.30. The van der Waals surface area contributed by atoms with Gasteiger partial charge in [0.05, 0.1) is 0 Å². The molecule has 2 rings (SSSR count). The number of amides is 1. The molecule has 0 aliphatic heterocycles. The number of carbonyl (C=O) groups is 1. The van der Waals surface area contributed by atoms with Gasteiger partial charge in [-0.2, -0.15) is 0 Å². The van der Waals surface area contributed by atoms with E-state index in [9.17, 15) is 4.79 Å². The van der Waals surface area contributed by atoms with E-state index in [1.54, 1.807) is 36.7 Å². The molecule has 1 heterocycles. The zero-order valence-electron chi connectivity index (χ0n) is 9.77. The first kappa shape index (κ1) is 12.6. The van der Waals surface area contributed by atoms with E-state index >= 15 is 0 Å². The molecule has 0 fully saturated rings. The Labute approximate surface area is 113 Å². The summed E-state index contributed by atoms with van der Waals surface area (Å²) in [6.07, 6.45) is 3.25. The Morgan fingerprint density at radius 1 is 1.33 bits per heavy atom. The summed E-state index contributed by atoms with van der Waals surface area (Å²) in [6, 6.07) is 6.99. The van der Waals surface area contributed by atoms with Crippen LogP contribution >= 0.6 is 15.9 Å². The SMILES string of the molecule is Cc1c(N)cc(Br)cc1C(=O)Nc1ccncc1. The van der Waals surface area contributed by atoms with E-state index in [2.05, 4.69) is 26.2 Å². The maximum absolute atomic E-state index is 12.1. The van der Waals surface area contributed by atoms with Gasteiger partial charge in [0, 0.05) is 33.8 Å². The monoisotopic (exact) mass is 305 g/mol. The average molecular weight is 306 g/mol. The minimum absolute atomic E-state index is 0.188. The van der Waals surface area contributed by atoms with Crippen LogP contribution in [0.3, 0.4) is 0 Å². The maximum Gasteiger partial charge on any atom is 0.256 e. The average Bonchev–Trinajstić information content (AvgIpc) is 2.35. The molecule has 0 saturated carbocycles. The number of halogens is 1. The van der Waals surface area contributed by atoms with Crippen molar-refractivity contribution in [2.24, 2.45) is 0 Å². The van der Waals surface area contributed by atoms with Crippen molar-refractivity contribution in [2.75, 3.05) is 11.1 Å². The summed E-state index contributed by atoms with van der Waals surface area (Å²) in [7, 11) is 0. The molecule has 3 N–H and O–H groups in total. The molecular formula is C13H12BrN3O. The zero-order valence-corrected chi connectivity index (χ0v) is 11.4. The number of hydrogen-bond acceptors (Lipinski definition) is 3. The Bertz CT molecular complexity index is 584. The smallest absolute Gasteiger partial charge is 0.256 e. The number of nitrogens with two attached hydrogens (primary N) is 1. The van der Waals surface area contributed by atoms with Crippen LogP contribution in [0.5, 0.6) is 0 Å². The van der Waals surface area contributed by atoms with Crippen molar-refractivity contribution in [3.63, 3.8) is 0 Å². The second kappa shape index (κ2) is 5.18. The zero-order chi connectivity index (χ0) is 13.1. The Hall–Kier alpha value is -1.88. The molecule has 4 nitrogen and oxygen atoms in total. The Morgan fingerprint density at radius 3 is 2.67 bits per heavy atom. The van der Waals surface area contributed by atoms with E-state index in [0.29, 0.717) is 16.9 Å². The first-order valence-corrected chi connectivity index (χ1v) is 6.14. The molecule has 0 aliphatic rings. The number of pyridine rings is 1. The van der Waals surface area contributed by atoms with Gasteiger partial charge in [0.25, 0.3) is 5.91 Å². The number of nitrogen functional groups attached to an aromatic ring is 1. The van der Waals surface area contributed by atoms with Gasteiger partial charge in [-0.15, -0.1) is 0 Å². The first-order chi connectivity index (χ1) is 8.58. The van der Waals surface area contributed by atoms with E-state index in [1.165, 1.54) is 0 Å². The minimum Gasteiger partial charge on any atom is -0.398 e. The fraction of sp³-hybridized carbons (Fsp3) is 0.0769. The molecule has 1 aromatic carbocycles. The molecular weight excluding hydrogens is 294 g/mol. The van der Waals surface area contributed by atoms with E-state index in [-0.39, 0.29) is 5.91 Å². The number of hydrogen-bond donors (Lipinski definition) is 2. The van der Waals surface area contributed by atoms with Gasteiger partial charge in [-0.05, 0) is 36.8 Å². The van der Waals surface area contributed by atoms with Crippen molar-refractivity contribution in [1.29, 1.82) is 0 Å². The third-order valence-electron chi connectivity index (χ3n) is 2.60. The topological polar surface area (TPSA) is 68.0 Å². The van der Waals surface area contributed by atoms with Gasteiger partial charge < -0.3 is 11.1 Å². The highest BCUT2D eigenvalue weighted by Crippen LogP contribution is 2.23. The fourth-order valence-electron chi connectivity index (χ4n) is 1.57. The predicted octanol–water partition coefficient (Wildman–Crippen LogP) is 2.99. The van der Waals surface area contributed by atoms with Gasteiger partial charge >= 0.3 is 0 Å². The summed E-state index contributed by atoms with van der Waals surface area (Å²) in [6.45, 7) is 1.82. The molecule has 0 unspecified atom stereocenters. The van der Waals surface area contributed by atoms with Gasteiger partial charge in [0.15, 0.2) is 0 Å². The predicted molar refractivity (Wildman–Crippen MR) is 75.5 cm³/mol. The van der Waals surface area contributed by atoms with Crippen LogP contribution in [0.4, 0.5) is 11.4 Å². The van der Waals surface area contributed by atoms with E-state index in [0.717, 1.165) is 10.0 Å². The summed E-state index contributed by atoms with van der Waals surface area (Å²) in [4.78, 5) is 16.0. The van der Waals surface area contributed by atoms with Crippen LogP contribution in [0.15, 0.2) is 41.1 Å². The number of aromatic nitrogens is 1. The highest BCUT2D eigenvalue weighted by atomic mass is 79.9. The van der Waals surface area contributed by atoms with Crippen LogP contribution in [0, 0.1) is 6.92 Å². The first-order valence-electron chi connectivity index (χ1n) is 5.35. The standard InChI is InChI=1S/C13H12BrN3O/c1-8-11(6-9(14)7-12(8)15)13(18)17-10-2-4-16-5-3-10/h2-7H,15H2,1H3,(H,16,17,18). The fourth-order valence-corrected chi connectivity index (χ4v) is 2.05. The molecule has 0 aliphatic carbocycles.